The molecular formula is C13H15BrF3NO2. The van der Waals surface area contributed by atoms with Gasteiger partial charge in [-0.05, 0) is 24.1 Å². The van der Waals surface area contributed by atoms with E-state index in [-0.39, 0.29) is 22.6 Å². The minimum atomic E-state index is -4.54. The Hall–Kier alpha value is -1.08. The van der Waals surface area contributed by atoms with E-state index in [1.807, 2.05) is 0 Å². The fourth-order valence-corrected chi connectivity index (χ4v) is 2.03. The lowest BCUT2D eigenvalue weighted by atomic mass is 10.0. The molecule has 0 aromatic heterocycles. The van der Waals surface area contributed by atoms with Crippen LogP contribution < -0.4 is 5.32 Å². The average Bonchev–Trinajstić information content (AvgIpc) is 2.34. The number of amides is 1. The fraction of sp³-hybridized carbons (Fsp3) is 0.462. The van der Waals surface area contributed by atoms with Gasteiger partial charge in [-0.2, -0.15) is 13.2 Å². The van der Waals surface area contributed by atoms with Crippen LogP contribution in [0.15, 0.2) is 22.7 Å². The van der Waals surface area contributed by atoms with Crippen LogP contribution >= 0.6 is 15.9 Å². The van der Waals surface area contributed by atoms with E-state index in [1.165, 1.54) is 12.1 Å². The molecule has 2 N–H and O–H groups in total. The molecule has 112 valence electrons. The Morgan fingerprint density at radius 3 is 2.45 bits per heavy atom. The summed E-state index contributed by atoms with van der Waals surface area (Å²) >= 11 is 2.81. The van der Waals surface area contributed by atoms with Gasteiger partial charge in [0.25, 0.3) is 5.91 Å². The zero-order valence-electron chi connectivity index (χ0n) is 11.0. The van der Waals surface area contributed by atoms with Crippen molar-refractivity contribution in [1.82, 2.24) is 5.32 Å². The van der Waals surface area contributed by atoms with Gasteiger partial charge < -0.3 is 10.4 Å². The molecule has 0 saturated carbocycles. The van der Waals surface area contributed by atoms with Gasteiger partial charge in [0.15, 0.2) is 0 Å². The second kappa shape index (κ2) is 6.58. The number of halogens is 4. The lowest BCUT2D eigenvalue weighted by Gasteiger charge is -2.20. The Morgan fingerprint density at radius 2 is 2.00 bits per heavy atom. The molecule has 0 heterocycles. The second-order valence-electron chi connectivity index (χ2n) is 4.70. The Morgan fingerprint density at radius 1 is 1.40 bits per heavy atom. The minimum absolute atomic E-state index is 0.0264. The monoisotopic (exact) mass is 353 g/mol. The smallest absolute Gasteiger partial charge is 0.394 e. The van der Waals surface area contributed by atoms with Crippen molar-refractivity contribution in [2.45, 2.75) is 26.1 Å². The van der Waals surface area contributed by atoms with Crippen molar-refractivity contribution >= 4 is 21.8 Å². The Kier molecular flexibility index (Phi) is 5.59. The molecule has 0 spiro atoms. The molecule has 1 rings (SSSR count). The van der Waals surface area contributed by atoms with Crippen molar-refractivity contribution in [2.75, 3.05) is 6.61 Å². The van der Waals surface area contributed by atoms with Gasteiger partial charge in [-0.1, -0.05) is 29.8 Å². The van der Waals surface area contributed by atoms with Gasteiger partial charge in [-0.3, -0.25) is 4.79 Å². The highest BCUT2D eigenvalue weighted by atomic mass is 79.9. The molecule has 1 unspecified atom stereocenters. The van der Waals surface area contributed by atoms with Crippen LogP contribution in [0, 0.1) is 5.92 Å². The molecule has 0 fully saturated rings. The van der Waals surface area contributed by atoms with E-state index in [2.05, 4.69) is 21.2 Å². The zero-order valence-corrected chi connectivity index (χ0v) is 12.5. The normalized spacial score (nSPS) is 13.4. The molecule has 1 aromatic rings. The van der Waals surface area contributed by atoms with E-state index in [9.17, 15) is 18.0 Å². The molecule has 1 atom stereocenters. The van der Waals surface area contributed by atoms with Gasteiger partial charge >= 0.3 is 6.18 Å². The Bertz CT molecular complexity index is 489. The summed E-state index contributed by atoms with van der Waals surface area (Å²) in [5.74, 6) is -0.669. The number of nitrogens with one attached hydrogen (secondary N) is 1. The lowest BCUT2D eigenvalue weighted by Crippen LogP contribution is -2.41. The first-order valence-corrected chi connectivity index (χ1v) is 6.74. The summed E-state index contributed by atoms with van der Waals surface area (Å²) in [5, 5.41) is 11.6. The summed E-state index contributed by atoms with van der Waals surface area (Å²) in [4.78, 5) is 11.9. The molecule has 0 aliphatic carbocycles. The number of aliphatic hydroxyl groups excluding tert-OH is 1. The Labute approximate surface area is 123 Å². The van der Waals surface area contributed by atoms with Crippen LogP contribution in [0.3, 0.4) is 0 Å². The molecule has 7 heteroatoms. The number of carbonyl (C=O) groups excluding carboxylic acids is 1. The SMILES string of the molecule is CC(C)C(CO)NC(=O)c1ccc(Br)c(C(F)(F)F)c1. The van der Waals surface area contributed by atoms with Crippen LogP contribution in [-0.2, 0) is 6.18 Å². The van der Waals surface area contributed by atoms with E-state index < -0.39 is 23.7 Å². The summed E-state index contributed by atoms with van der Waals surface area (Å²) in [5.41, 5.74) is -1.00. The van der Waals surface area contributed by atoms with E-state index in [0.717, 1.165) is 6.07 Å². The number of hydrogen-bond acceptors (Lipinski definition) is 2. The predicted octanol–water partition coefficient (Wildman–Crippen LogP) is 3.21. The van der Waals surface area contributed by atoms with Crippen molar-refractivity contribution < 1.29 is 23.1 Å². The van der Waals surface area contributed by atoms with Crippen molar-refractivity contribution in [1.29, 1.82) is 0 Å². The number of alkyl halides is 3. The molecule has 0 bridgehead atoms. The highest BCUT2D eigenvalue weighted by Gasteiger charge is 2.33. The number of hydrogen-bond donors (Lipinski definition) is 2. The first-order chi connectivity index (χ1) is 9.16. The average molecular weight is 354 g/mol. The quantitative estimate of drug-likeness (QED) is 0.873. The molecular weight excluding hydrogens is 339 g/mol. The van der Waals surface area contributed by atoms with Gasteiger partial charge in [-0.15, -0.1) is 0 Å². The van der Waals surface area contributed by atoms with Crippen molar-refractivity contribution in [3.63, 3.8) is 0 Å². The molecule has 1 amide bonds. The summed E-state index contributed by atoms with van der Waals surface area (Å²) < 4.78 is 38.1. The van der Waals surface area contributed by atoms with Crippen LogP contribution in [0.1, 0.15) is 29.8 Å². The lowest BCUT2D eigenvalue weighted by molar-refractivity contribution is -0.138. The van der Waals surface area contributed by atoms with Crippen molar-refractivity contribution in [3.05, 3.63) is 33.8 Å². The molecule has 0 aliphatic rings. The van der Waals surface area contributed by atoms with Crippen LogP contribution in [0.5, 0.6) is 0 Å². The highest BCUT2D eigenvalue weighted by Crippen LogP contribution is 2.35. The largest absolute Gasteiger partial charge is 0.417 e. The molecule has 3 nitrogen and oxygen atoms in total. The van der Waals surface area contributed by atoms with Gasteiger partial charge in [0.2, 0.25) is 0 Å². The second-order valence-corrected chi connectivity index (χ2v) is 5.55. The van der Waals surface area contributed by atoms with Crippen LogP contribution in [0.25, 0.3) is 0 Å². The first kappa shape index (κ1) is 17.0. The first-order valence-electron chi connectivity index (χ1n) is 5.95. The maximum Gasteiger partial charge on any atom is 0.417 e. The van der Waals surface area contributed by atoms with Crippen molar-refractivity contribution in [3.8, 4) is 0 Å². The van der Waals surface area contributed by atoms with Crippen molar-refractivity contribution in [2.24, 2.45) is 5.92 Å². The number of benzene rings is 1. The highest BCUT2D eigenvalue weighted by molar-refractivity contribution is 9.10. The van der Waals surface area contributed by atoms with Crippen LogP contribution in [0.2, 0.25) is 0 Å². The van der Waals surface area contributed by atoms with Gasteiger partial charge in [0.1, 0.15) is 0 Å². The summed E-state index contributed by atoms with van der Waals surface area (Å²) in [7, 11) is 0. The maximum absolute atomic E-state index is 12.7. The fourth-order valence-electron chi connectivity index (χ4n) is 1.56. The number of rotatable bonds is 4. The molecule has 1 aromatic carbocycles. The van der Waals surface area contributed by atoms with Gasteiger partial charge in [0, 0.05) is 10.0 Å². The van der Waals surface area contributed by atoms with Crippen LogP contribution in [0.4, 0.5) is 13.2 Å². The standard InChI is InChI=1S/C13H15BrF3NO2/c1-7(2)11(6-19)18-12(20)8-3-4-10(14)9(5-8)13(15,16)17/h3-5,7,11,19H,6H2,1-2H3,(H,18,20). The minimum Gasteiger partial charge on any atom is -0.394 e. The van der Waals surface area contributed by atoms with E-state index in [1.54, 1.807) is 13.8 Å². The maximum atomic E-state index is 12.7. The molecule has 0 saturated heterocycles. The summed E-state index contributed by atoms with van der Waals surface area (Å²) in [6.45, 7) is 3.32. The third kappa shape index (κ3) is 4.21. The Balaban J connectivity index is 3.00. The van der Waals surface area contributed by atoms with Gasteiger partial charge in [-0.25, -0.2) is 0 Å². The van der Waals surface area contributed by atoms with E-state index in [0.29, 0.717) is 0 Å². The molecule has 0 radical (unpaired) electrons. The third-order valence-corrected chi connectivity index (χ3v) is 3.54. The summed E-state index contributed by atoms with van der Waals surface area (Å²) in [6.07, 6.45) is -4.54. The van der Waals surface area contributed by atoms with Gasteiger partial charge in [0.05, 0.1) is 18.2 Å². The molecule has 0 aliphatic heterocycles. The van der Waals surface area contributed by atoms with Crippen LogP contribution in [-0.4, -0.2) is 23.7 Å². The topological polar surface area (TPSA) is 49.3 Å². The molecule has 20 heavy (non-hydrogen) atoms. The number of aliphatic hydroxyl groups is 1. The van der Waals surface area contributed by atoms with E-state index in [4.69, 9.17) is 5.11 Å². The zero-order chi connectivity index (χ0) is 15.5. The predicted molar refractivity (Wildman–Crippen MR) is 72.3 cm³/mol. The summed E-state index contributed by atoms with van der Waals surface area (Å²) in [6, 6.07) is 2.76. The van der Waals surface area contributed by atoms with E-state index >= 15 is 0 Å². The third-order valence-electron chi connectivity index (χ3n) is 2.85. The number of carbonyl (C=O) groups is 1.